The summed E-state index contributed by atoms with van der Waals surface area (Å²) in [4.78, 5) is 19.6. The summed E-state index contributed by atoms with van der Waals surface area (Å²) < 4.78 is 0. The highest BCUT2D eigenvalue weighted by molar-refractivity contribution is 6.35. The molecule has 2 aliphatic rings. The average Bonchev–Trinajstić information content (AvgIpc) is 2.19. The van der Waals surface area contributed by atoms with Crippen LogP contribution < -0.4 is 0 Å². The maximum Gasteiger partial charge on any atom is 0.280 e. The van der Waals surface area contributed by atoms with Crippen LogP contribution >= 0.6 is 11.6 Å². The molecule has 0 aromatic heterocycles. The Morgan fingerprint density at radius 3 is 3.00 bits per heavy atom. The van der Waals surface area contributed by atoms with Gasteiger partial charge in [-0.3, -0.25) is 4.79 Å². The minimum atomic E-state index is -0.234. The molecule has 0 saturated carbocycles. The Kier molecular flexibility index (Phi) is 2.33. The van der Waals surface area contributed by atoms with Crippen molar-refractivity contribution in [3.8, 4) is 0 Å². The van der Waals surface area contributed by atoms with Gasteiger partial charge >= 0.3 is 0 Å². The summed E-state index contributed by atoms with van der Waals surface area (Å²) in [5, 5.41) is -0.230. The van der Waals surface area contributed by atoms with E-state index in [4.69, 9.17) is 11.6 Å². The van der Waals surface area contributed by atoms with Crippen LogP contribution in [0.4, 0.5) is 0 Å². The second-order valence-electron chi connectivity index (χ2n) is 3.07. The first kappa shape index (κ1) is 9.34. The van der Waals surface area contributed by atoms with E-state index in [1.54, 1.807) is 18.2 Å². The Hall–Kier alpha value is -1.22. The van der Waals surface area contributed by atoms with Gasteiger partial charge in [0.1, 0.15) is 5.84 Å². The molecule has 0 aromatic rings. The molecule has 72 valence electrons. The minimum Gasteiger partial charge on any atom is -0.267 e. The van der Waals surface area contributed by atoms with Crippen molar-refractivity contribution in [2.24, 2.45) is 9.98 Å². The Bertz CT molecular complexity index is 404. The van der Waals surface area contributed by atoms with Crippen molar-refractivity contribution in [2.75, 3.05) is 0 Å². The Labute approximate surface area is 86.9 Å². The number of aliphatic imine (C=N–C) groups is 2. The molecular formula is C10H9ClN2O. The van der Waals surface area contributed by atoms with Gasteiger partial charge in [-0.15, -0.1) is 11.6 Å². The van der Waals surface area contributed by atoms with E-state index in [0.717, 1.165) is 0 Å². The van der Waals surface area contributed by atoms with Crippen LogP contribution in [0.25, 0.3) is 0 Å². The minimum absolute atomic E-state index is 0.230. The molecule has 0 aromatic carbocycles. The van der Waals surface area contributed by atoms with E-state index in [1.807, 2.05) is 6.92 Å². The lowest BCUT2D eigenvalue weighted by Gasteiger charge is -2.15. The molecule has 1 atom stereocenters. The number of rotatable bonds is 1. The van der Waals surface area contributed by atoms with Gasteiger partial charge in [-0.2, -0.15) is 4.99 Å². The van der Waals surface area contributed by atoms with Gasteiger partial charge < -0.3 is 0 Å². The summed E-state index contributed by atoms with van der Waals surface area (Å²) in [6, 6.07) is 0. The Balaban J connectivity index is 2.42. The lowest BCUT2D eigenvalue weighted by atomic mass is 10.0. The fourth-order valence-electron chi connectivity index (χ4n) is 1.35. The fourth-order valence-corrected chi connectivity index (χ4v) is 1.55. The van der Waals surface area contributed by atoms with Crippen LogP contribution in [0.5, 0.6) is 0 Å². The van der Waals surface area contributed by atoms with Crippen molar-refractivity contribution in [2.45, 2.75) is 18.7 Å². The third kappa shape index (κ3) is 1.55. The second-order valence-corrected chi connectivity index (χ2v) is 3.57. The number of allylic oxidation sites excluding steroid dienone is 3. The van der Waals surface area contributed by atoms with Gasteiger partial charge in [0, 0.05) is 6.42 Å². The molecule has 0 radical (unpaired) electrons. The third-order valence-electron chi connectivity index (χ3n) is 2.07. The molecule has 1 aliphatic carbocycles. The zero-order valence-corrected chi connectivity index (χ0v) is 8.45. The number of carbonyl (C=O) groups excluding carboxylic acids is 1. The summed E-state index contributed by atoms with van der Waals surface area (Å²) in [7, 11) is 0. The van der Waals surface area contributed by atoms with Crippen LogP contribution in [0, 0.1) is 0 Å². The molecular weight excluding hydrogens is 200 g/mol. The number of amidine groups is 1. The van der Waals surface area contributed by atoms with Gasteiger partial charge in [-0.05, 0) is 12.2 Å². The summed E-state index contributed by atoms with van der Waals surface area (Å²) in [5.74, 6) is 0.349. The van der Waals surface area contributed by atoms with Crippen LogP contribution in [0.2, 0.25) is 0 Å². The van der Waals surface area contributed by atoms with Crippen molar-refractivity contribution in [3.63, 3.8) is 0 Å². The molecule has 14 heavy (non-hydrogen) atoms. The highest BCUT2D eigenvalue weighted by Gasteiger charge is 2.22. The molecule has 0 spiro atoms. The van der Waals surface area contributed by atoms with E-state index in [0.29, 0.717) is 23.5 Å². The lowest BCUT2D eigenvalue weighted by Crippen LogP contribution is -2.21. The fraction of sp³-hybridized carbons (Fsp3) is 0.300. The summed E-state index contributed by atoms with van der Waals surface area (Å²) >= 11 is 5.85. The number of hydrogen-bond donors (Lipinski definition) is 0. The second kappa shape index (κ2) is 3.50. The molecule has 0 N–H and O–H groups in total. The normalized spacial score (nSPS) is 25.1. The largest absolute Gasteiger partial charge is 0.280 e. The number of carbonyl (C=O) groups is 1. The summed E-state index contributed by atoms with van der Waals surface area (Å²) in [6.07, 6.45) is 5.92. The van der Waals surface area contributed by atoms with Gasteiger partial charge in [-0.1, -0.05) is 13.0 Å². The number of alkyl halides is 1. The summed E-state index contributed by atoms with van der Waals surface area (Å²) in [5.41, 5.74) is 1.20. The van der Waals surface area contributed by atoms with Crippen molar-refractivity contribution in [3.05, 3.63) is 23.8 Å². The SMILES string of the molecule is CCC1=NC(=O)C2=CC(Cl)C=CC2=N1. The highest BCUT2D eigenvalue weighted by Crippen LogP contribution is 2.18. The van der Waals surface area contributed by atoms with E-state index >= 15 is 0 Å². The zero-order chi connectivity index (χ0) is 10.1. The van der Waals surface area contributed by atoms with Gasteiger partial charge in [0.15, 0.2) is 0 Å². The van der Waals surface area contributed by atoms with Crippen LogP contribution in [-0.2, 0) is 4.79 Å². The predicted molar refractivity (Wildman–Crippen MR) is 57.0 cm³/mol. The number of halogens is 1. The number of fused-ring (bicyclic) bond motifs is 1. The molecule has 1 heterocycles. The van der Waals surface area contributed by atoms with Crippen molar-refractivity contribution >= 4 is 29.1 Å². The maximum absolute atomic E-state index is 11.5. The highest BCUT2D eigenvalue weighted by atomic mass is 35.5. The molecule has 1 amide bonds. The summed E-state index contributed by atoms with van der Waals surface area (Å²) in [6.45, 7) is 1.92. The molecule has 3 nitrogen and oxygen atoms in total. The van der Waals surface area contributed by atoms with Crippen molar-refractivity contribution in [1.29, 1.82) is 0 Å². The third-order valence-corrected chi connectivity index (χ3v) is 2.34. The van der Waals surface area contributed by atoms with E-state index in [1.165, 1.54) is 0 Å². The molecule has 2 rings (SSSR count). The Morgan fingerprint density at radius 1 is 1.50 bits per heavy atom. The maximum atomic E-state index is 11.5. The van der Waals surface area contributed by atoms with Crippen LogP contribution in [-0.4, -0.2) is 22.8 Å². The molecule has 0 bridgehead atoms. The van der Waals surface area contributed by atoms with E-state index in [-0.39, 0.29) is 11.3 Å². The average molecular weight is 209 g/mol. The first-order chi connectivity index (χ1) is 6.70. The molecule has 1 aliphatic heterocycles. The number of hydrogen-bond acceptors (Lipinski definition) is 2. The quantitative estimate of drug-likeness (QED) is 0.607. The predicted octanol–water partition coefficient (Wildman–Crippen LogP) is 1.88. The smallest absolute Gasteiger partial charge is 0.267 e. The topological polar surface area (TPSA) is 41.8 Å². The van der Waals surface area contributed by atoms with E-state index in [2.05, 4.69) is 9.98 Å². The molecule has 1 unspecified atom stereocenters. The molecule has 4 heteroatoms. The van der Waals surface area contributed by atoms with E-state index in [9.17, 15) is 4.79 Å². The standard InChI is InChI=1S/C10H9ClN2O/c1-2-9-12-8-4-3-6(11)5-7(8)10(14)13-9/h3-6H,2H2,1H3. The van der Waals surface area contributed by atoms with Crippen LogP contribution in [0.3, 0.4) is 0 Å². The van der Waals surface area contributed by atoms with Crippen molar-refractivity contribution in [1.82, 2.24) is 0 Å². The Morgan fingerprint density at radius 2 is 2.29 bits per heavy atom. The van der Waals surface area contributed by atoms with Gasteiger partial charge in [-0.25, -0.2) is 4.99 Å². The van der Waals surface area contributed by atoms with Crippen LogP contribution in [0.1, 0.15) is 13.3 Å². The monoisotopic (exact) mass is 208 g/mol. The van der Waals surface area contributed by atoms with Gasteiger partial charge in [0.2, 0.25) is 0 Å². The van der Waals surface area contributed by atoms with E-state index < -0.39 is 0 Å². The zero-order valence-electron chi connectivity index (χ0n) is 7.70. The van der Waals surface area contributed by atoms with Crippen LogP contribution in [0.15, 0.2) is 33.8 Å². The van der Waals surface area contributed by atoms with Gasteiger partial charge in [0.05, 0.1) is 16.7 Å². The number of amides is 1. The first-order valence-corrected chi connectivity index (χ1v) is 4.89. The molecule has 0 saturated heterocycles. The number of nitrogens with zero attached hydrogens (tertiary/aromatic N) is 2. The molecule has 0 fully saturated rings. The van der Waals surface area contributed by atoms with Gasteiger partial charge in [0.25, 0.3) is 5.91 Å². The first-order valence-electron chi connectivity index (χ1n) is 4.45. The lowest BCUT2D eigenvalue weighted by molar-refractivity contribution is -0.113. The van der Waals surface area contributed by atoms with Crippen molar-refractivity contribution < 1.29 is 4.79 Å².